The zero-order valence-electron chi connectivity index (χ0n) is 11.1. The summed E-state index contributed by atoms with van der Waals surface area (Å²) in [4.78, 5) is 18.5. The Morgan fingerprint density at radius 2 is 1.85 bits per heavy atom. The van der Waals surface area contributed by atoms with Crippen molar-refractivity contribution in [3.05, 3.63) is 17.9 Å². The molecule has 9 heteroatoms. The van der Waals surface area contributed by atoms with Crippen LogP contribution in [0.25, 0.3) is 5.95 Å². The van der Waals surface area contributed by atoms with Crippen molar-refractivity contribution in [2.45, 2.75) is 26.1 Å². The second-order valence-corrected chi connectivity index (χ2v) is 5.04. The van der Waals surface area contributed by atoms with Gasteiger partial charge in [0.15, 0.2) is 0 Å². The van der Waals surface area contributed by atoms with Gasteiger partial charge in [-0.25, -0.2) is 4.98 Å². The first-order valence-electron chi connectivity index (χ1n) is 6.29. The van der Waals surface area contributed by atoms with Gasteiger partial charge in [0.2, 0.25) is 11.2 Å². The fraction of sp³-hybridized carbons (Fsp3) is 0.545. The van der Waals surface area contributed by atoms with Gasteiger partial charge in [-0.3, -0.25) is 0 Å². The molecule has 1 saturated heterocycles. The van der Waals surface area contributed by atoms with E-state index in [4.69, 9.17) is 16.3 Å². The first kappa shape index (κ1) is 13.2. The van der Waals surface area contributed by atoms with Crippen LogP contribution in [0.15, 0.2) is 12.7 Å². The molecule has 2 aromatic heterocycles. The lowest BCUT2D eigenvalue weighted by atomic mass is 10.2. The summed E-state index contributed by atoms with van der Waals surface area (Å²) in [5.74, 6) is 0.877. The van der Waals surface area contributed by atoms with Crippen LogP contribution >= 0.6 is 11.6 Å². The van der Waals surface area contributed by atoms with Gasteiger partial charge >= 0.3 is 0 Å². The molecule has 1 aliphatic heterocycles. The van der Waals surface area contributed by atoms with Crippen molar-refractivity contribution in [3.63, 3.8) is 0 Å². The zero-order valence-corrected chi connectivity index (χ0v) is 11.9. The van der Waals surface area contributed by atoms with Crippen molar-refractivity contribution in [1.29, 1.82) is 0 Å². The summed E-state index contributed by atoms with van der Waals surface area (Å²) in [6, 6.07) is 0. The molecule has 2 aromatic rings. The van der Waals surface area contributed by atoms with Gasteiger partial charge in [-0.2, -0.15) is 24.7 Å². The standard InChI is InChI=1S/C11H14ClN7O/c1-7-3-18(4-8(2)20-7)10-15-9(12)16-11(17-10)19-6-13-5-14-19/h5-8H,3-4H2,1-2H3/t7-,8+. The van der Waals surface area contributed by atoms with Crippen molar-refractivity contribution in [2.24, 2.45) is 0 Å². The van der Waals surface area contributed by atoms with Crippen LogP contribution in [0, 0.1) is 0 Å². The fourth-order valence-electron chi connectivity index (χ4n) is 2.23. The average Bonchev–Trinajstić information content (AvgIpc) is 2.90. The van der Waals surface area contributed by atoms with Crippen LogP contribution in [0.2, 0.25) is 5.28 Å². The molecule has 0 amide bonds. The summed E-state index contributed by atoms with van der Waals surface area (Å²) in [5.41, 5.74) is 0. The monoisotopic (exact) mass is 295 g/mol. The van der Waals surface area contributed by atoms with Crippen molar-refractivity contribution < 1.29 is 4.74 Å². The Kier molecular flexibility index (Phi) is 3.49. The van der Waals surface area contributed by atoms with E-state index in [1.165, 1.54) is 17.3 Å². The highest BCUT2D eigenvalue weighted by Gasteiger charge is 2.25. The van der Waals surface area contributed by atoms with E-state index in [0.717, 1.165) is 0 Å². The van der Waals surface area contributed by atoms with E-state index < -0.39 is 0 Å². The Hall–Kier alpha value is -1.80. The maximum absolute atomic E-state index is 5.98. The molecule has 2 atom stereocenters. The molecule has 0 unspecified atom stereocenters. The van der Waals surface area contributed by atoms with Crippen molar-refractivity contribution >= 4 is 17.5 Å². The molecule has 8 nitrogen and oxygen atoms in total. The van der Waals surface area contributed by atoms with E-state index in [1.807, 2.05) is 18.7 Å². The molecule has 0 bridgehead atoms. The van der Waals surface area contributed by atoms with Gasteiger partial charge in [0.25, 0.3) is 5.95 Å². The van der Waals surface area contributed by atoms with Crippen LogP contribution in [0.1, 0.15) is 13.8 Å². The molecule has 0 saturated carbocycles. The molecule has 20 heavy (non-hydrogen) atoms. The molecule has 0 N–H and O–H groups in total. The number of anilines is 1. The van der Waals surface area contributed by atoms with Crippen molar-refractivity contribution in [2.75, 3.05) is 18.0 Å². The fourth-order valence-corrected chi connectivity index (χ4v) is 2.38. The average molecular weight is 296 g/mol. The van der Waals surface area contributed by atoms with Crippen LogP contribution in [-0.2, 0) is 4.74 Å². The van der Waals surface area contributed by atoms with Gasteiger partial charge in [0.05, 0.1) is 12.2 Å². The minimum atomic E-state index is 0.115. The van der Waals surface area contributed by atoms with E-state index in [-0.39, 0.29) is 17.5 Å². The number of ether oxygens (including phenoxy) is 1. The summed E-state index contributed by atoms with van der Waals surface area (Å²) in [5, 5.41) is 4.13. The third-order valence-corrected chi connectivity index (χ3v) is 3.08. The van der Waals surface area contributed by atoms with Crippen molar-refractivity contribution in [1.82, 2.24) is 29.7 Å². The van der Waals surface area contributed by atoms with E-state index in [9.17, 15) is 0 Å². The molecule has 0 spiro atoms. The lowest BCUT2D eigenvalue weighted by Crippen LogP contribution is -2.46. The Bertz CT molecular complexity index is 580. The summed E-state index contributed by atoms with van der Waals surface area (Å²) >= 11 is 5.98. The molecule has 0 aliphatic carbocycles. The van der Waals surface area contributed by atoms with Crippen LogP contribution in [0.5, 0.6) is 0 Å². The quantitative estimate of drug-likeness (QED) is 0.807. The van der Waals surface area contributed by atoms with E-state index in [1.54, 1.807) is 0 Å². The number of hydrogen-bond donors (Lipinski definition) is 0. The van der Waals surface area contributed by atoms with Crippen LogP contribution < -0.4 is 4.90 Å². The molecular formula is C11H14ClN7O. The maximum atomic E-state index is 5.98. The molecule has 106 valence electrons. The first-order valence-corrected chi connectivity index (χ1v) is 6.66. The normalized spacial score (nSPS) is 23.1. The number of aromatic nitrogens is 6. The van der Waals surface area contributed by atoms with Crippen molar-refractivity contribution in [3.8, 4) is 5.95 Å². The van der Waals surface area contributed by atoms with E-state index >= 15 is 0 Å². The van der Waals surface area contributed by atoms with Gasteiger partial charge < -0.3 is 9.64 Å². The molecule has 1 fully saturated rings. The Balaban J connectivity index is 1.93. The lowest BCUT2D eigenvalue weighted by Gasteiger charge is -2.35. The third-order valence-electron chi connectivity index (χ3n) is 2.91. The second kappa shape index (κ2) is 5.29. The minimum absolute atomic E-state index is 0.115. The van der Waals surface area contributed by atoms with Crippen LogP contribution in [0.4, 0.5) is 5.95 Å². The summed E-state index contributed by atoms with van der Waals surface area (Å²) in [6.45, 7) is 5.45. The SMILES string of the molecule is C[C@@H]1CN(c2nc(Cl)nc(-n3cncn3)n2)C[C@H](C)O1. The third kappa shape index (κ3) is 2.70. The smallest absolute Gasteiger partial charge is 0.258 e. The lowest BCUT2D eigenvalue weighted by molar-refractivity contribution is -0.00573. The van der Waals surface area contributed by atoms with Gasteiger partial charge in [-0.15, -0.1) is 0 Å². The first-order chi connectivity index (χ1) is 9.61. The highest BCUT2D eigenvalue weighted by molar-refractivity contribution is 6.28. The molecule has 1 aliphatic rings. The van der Waals surface area contributed by atoms with Gasteiger partial charge in [-0.1, -0.05) is 0 Å². The Labute approximate surface area is 120 Å². The highest BCUT2D eigenvalue weighted by atomic mass is 35.5. The summed E-state index contributed by atoms with van der Waals surface area (Å²) in [7, 11) is 0. The molecule has 0 aromatic carbocycles. The summed E-state index contributed by atoms with van der Waals surface area (Å²) in [6.07, 6.45) is 3.16. The molecule has 3 heterocycles. The second-order valence-electron chi connectivity index (χ2n) is 4.71. The van der Waals surface area contributed by atoms with Gasteiger partial charge in [0.1, 0.15) is 12.7 Å². The van der Waals surface area contributed by atoms with Gasteiger partial charge in [0, 0.05) is 13.1 Å². The largest absolute Gasteiger partial charge is 0.372 e. The number of rotatable bonds is 2. The number of morpholine rings is 1. The van der Waals surface area contributed by atoms with E-state index in [2.05, 4.69) is 25.0 Å². The molecule has 0 radical (unpaired) electrons. The zero-order chi connectivity index (χ0) is 14.1. The Morgan fingerprint density at radius 3 is 2.50 bits per heavy atom. The van der Waals surface area contributed by atoms with E-state index in [0.29, 0.717) is 25.0 Å². The summed E-state index contributed by atoms with van der Waals surface area (Å²) < 4.78 is 7.15. The maximum Gasteiger partial charge on any atom is 0.258 e. The van der Waals surface area contributed by atoms with Crippen LogP contribution in [0.3, 0.4) is 0 Å². The predicted molar refractivity (Wildman–Crippen MR) is 72.0 cm³/mol. The predicted octanol–water partition coefficient (Wildman–Crippen LogP) is 0.719. The minimum Gasteiger partial charge on any atom is -0.372 e. The number of halogens is 1. The topological polar surface area (TPSA) is 81.9 Å². The number of nitrogens with zero attached hydrogens (tertiary/aromatic N) is 7. The highest BCUT2D eigenvalue weighted by Crippen LogP contribution is 2.18. The number of hydrogen-bond acceptors (Lipinski definition) is 7. The van der Waals surface area contributed by atoms with Crippen LogP contribution in [-0.4, -0.2) is 55.0 Å². The van der Waals surface area contributed by atoms with Gasteiger partial charge in [-0.05, 0) is 25.4 Å². The Morgan fingerprint density at radius 1 is 1.15 bits per heavy atom. The molecule has 3 rings (SSSR count). The molecular weight excluding hydrogens is 282 g/mol.